The number of hydrogen-bond acceptors (Lipinski definition) is 6. The molecule has 1 N–H and O–H groups in total. The van der Waals surface area contributed by atoms with Gasteiger partial charge in [0.25, 0.3) is 0 Å². The van der Waals surface area contributed by atoms with Crippen molar-refractivity contribution in [3.8, 4) is 5.75 Å². The third kappa shape index (κ3) is 5.97. The molecule has 0 atom stereocenters. The lowest BCUT2D eigenvalue weighted by Crippen LogP contribution is -2.16. The number of rotatable bonds is 9. The Labute approximate surface area is 201 Å². The monoisotopic (exact) mass is 482 g/mol. The van der Waals surface area contributed by atoms with Crippen molar-refractivity contribution in [1.82, 2.24) is 14.8 Å². The number of anilines is 1. The number of nitrogens with zero attached hydrogens (tertiary/aromatic N) is 3. The van der Waals surface area contributed by atoms with Crippen LogP contribution in [0, 0.1) is 13.8 Å². The van der Waals surface area contributed by atoms with E-state index in [2.05, 4.69) is 15.5 Å². The molecule has 0 saturated heterocycles. The quantitative estimate of drug-likeness (QED) is 0.317. The lowest BCUT2D eigenvalue weighted by molar-refractivity contribution is -0.113. The highest BCUT2D eigenvalue weighted by molar-refractivity contribution is 7.99. The summed E-state index contributed by atoms with van der Waals surface area (Å²) in [5.74, 6) is 2.14. The van der Waals surface area contributed by atoms with E-state index in [-0.39, 0.29) is 18.3 Å². The van der Waals surface area contributed by atoms with E-state index in [1.165, 1.54) is 11.8 Å². The number of carbonyl (C=O) groups excluding carboxylic acids is 1. The van der Waals surface area contributed by atoms with Gasteiger partial charge in [-0.2, -0.15) is 0 Å². The minimum absolute atomic E-state index is 0.107. The van der Waals surface area contributed by atoms with Crippen molar-refractivity contribution in [1.29, 1.82) is 0 Å². The molecule has 0 aliphatic rings. The highest BCUT2D eigenvalue weighted by Crippen LogP contribution is 2.23. The Morgan fingerprint density at radius 1 is 1.09 bits per heavy atom. The molecule has 0 bridgehead atoms. The van der Waals surface area contributed by atoms with Gasteiger partial charge in [0.05, 0.1) is 18.6 Å². The Kier molecular flexibility index (Phi) is 7.36. The summed E-state index contributed by atoms with van der Waals surface area (Å²) in [5, 5.41) is 12.8. The molecule has 2 aromatic carbocycles. The van der Waals surface area contributed by atoms with E-state index in [0.29, 0.717) is 28.3 Å². The Bertz CT molecular complexity index is 1200. The Hall–Kier alpha value is -3.23. The van der Waals surface area contributed by atoms with Crippen LogP contribution in [0.5, 0.6) is 5.75 Å². The fourth-order valence-electron chi connectivity index (χ4n) is 3.25. The van der Waals surface area contributed by atoms with Gasteiger partial charge in [-0.1, -0.05) is 41.6 Å². The number of aromatic nitrogens is 3. The maximum absolute atomic E-state index is 12.6. The van der Waals surface area contributed by atoms with Gasteiger partial charge < -0.3 is 14.5 Å². The summed E-state index contributed by atoms with van der Waals surface area (Å²) in [6, 6.07) is 16.7. The topological polar surface area (TPSA) is 82.2 Å². The Morgan fingerprint density at radius 2 is 1.85 bits per heavy atom. The summed E-state index contributed by atoms with van der Waals surface area (Å²) in [6.45, 7) is 4.59. The number of halogens is 1. The minimum Gasteiger partial charge on any atom is -0.486 e. The molecule has 4 rings (SSSR count). The summed E-state index contributed by atoms with van der Waals surface area (Å²) in [7, 11) is 0. The number of benzene rings is 2. The zero-order valence-electron chi connectivity index (χ0n) is 18.2. The van der Waals surface area contributed by atoms with Gasteiger partial charge in [-0.15, -0.1) is 10.2 Å². The lowest BCUT2D eigenvalue weighted by Gasteiger charge is -2.12. The molecule has 4 aromatic rings. The van der Waals surface area contributed by atoms with Gasteiger partial charge in [0, 0.05) is 10.7 Å². The average molecular weight is 483 g/mol. The van der Waals surface area contributed by atoms with Gasteiger partial charge in [-0.3, -0.25) is 9.36 Å². The van der Waals surface area contributed by atoms with Gasteiger partial charge in [0.1, 0.15) is 18.1 Å². The number of thioether (sulfide) groups is 1. The fraction of sp³-hybridized carbons (Fsp3) is 0.208. The number of carbonyl (C=O) groups is 1. The Balaban J connectivity index is 1.46. The van der Waals surface area contributed by atoms with Crippen LogP contribution in [0.2, 0.25) is 5.02 Å². The van der Waals surface area contributed by atoms with E-state index in [1.54, 1.807) is 30.5 Å². The molecule has 170 valence electrons. The van der Waals surface area contributed by atoms with Gasteiger partial charge in [-0.25, -0.2) is 0 Å². The third-order valence-corrected chi connectivity index (χ3v) is 6.17. The second kappa shape index (κ2) is 10.6. The fourth-order valence-corrected chi connectivity index (χ4v) is 4.13. The standard InChI is InChI=1S/C24H23ClN4O3S/c1-16-5-3-6-17(2)23(16)26-22(30)15-33-24-28-27-21(29(24)13-20-7-4-12-31-20)14-32-19-10-8-18(25)9-11-19/h3-12H,13-15H2,1-2H3,(H,26,30). The first-order valence-electron chi connectivity index (χ1n) is 10.3. The van der Waals surface area contributed by atoms with E-state index >= 15 is 0 Å². The van der Waals surface area contributed by atoms with E-state index in [9.17, 15) is 4.79 Å². The van der Waals surface area contributed by atoms with Crippen LogP contribution >= 0.6 is 23.4 Å². The minimum atomic E-state index is -0.107. The van der Waals surface area contributed by atoms with Gasteiger partial charge >= 0.3 is 0 Å². The van der Waals surface area contributed by atoms with E-state index < -0.39 is 0 Å². The lowest BCUT2D eigenvalue weighted by atomic mass is 10.1. The molecule has 9 heteroatoms. The first kappa shape index (κ1) is 22.9. The molecule has 2 heterocycles. The highest BCUT2D eigenvalue weighted by atomic mass is 35.5. The van der Waals surface area contributed by atoms with E-state index in [4.69, 9.17) is 20.8 Å². The van der Waals surface area contributed by atoms with Crippen molar-refractivity contribution >= 4 is 35.0 Å². The molecule has 2 aromatic heterocycles. The summed E-state index contributed by atoms with van der Waals surface area (Å²) in [6.07, 6.45) is 1.62. The van der Waals surface area contributed by atoms with Crippen LogP contribution in [-0.4, -0.2) is 26.4 Å². The predicted molar refractivity (Wildman–Crippen MR) is 129 cm³/mol. The van der Waals surface area contributed by atoms with Gasteiger partial charge in [-0.05, 0) is 61.4 Å². The summed E-state index contributed by atoms with van der Waals surface area (Å²) in [5.41, 5.74) is 2.89. The van der Waals surface area contributed by atoms with Crippen LogP contribution in [-0.2, 0) is 17.9 Å². The van der Waals surface area contributed by atoms with Crippen molar-refractivity contribution < 1.29 is 13.9 Å². The molecule has 0 fully saturated rings. The smallest absolute Gasteiger partial charge is 0.234 e. The van der Waals surface area contributed by atoms with Crippen LogP contribution in [0.1, 0.15) is 22.7 Å². The highest BCUT2D eigenvalue weighted by Gasteiger charge is 2.17. The molecule has 0 unspecified atom stereocenters. The average Bonchev–Trinajstić information content (AvgIpc) is 3.45. The maximum atomic E-state index is 12.6. The normalized spacial score (nSPS) is 10.9. The second-order valence-corrected chi connectivity index (χ2v) is 8.79. The molecule has 1 amide bonds. The summed E-state index contributed by atoms with van der Waals surface area (Å²) >= 11 is 7.25. The number of hydrogen-bond donors (Lipinski definition) is 1. The van der Waals surface area contributed by atoms with Crippen molar-refractivity contribution in [2.75, 3.05) is 11.1 Å². The van der Waals surface area contributed by atoms with Crippen molar-refractivity contribution in [2.45, 2.75) is 32.2 Å². The molecular weight excluding hydrogens is 460 g/mol. The molecule has 0 aliphatic heterocycles. The summed E-state index contributed by atoms with van der Waals surface area (Å²) < 4.78 is 13.2. The number of amides is 1. The van der Waals surface area contributed by atoms with Crippen LogP contribution < -0.4 is 10.1 Å². The summed E-state index contributed by atoms with van der Waals surface area (Å²) in [4.78, 5) is 12.6. The van der Waals surface area contributed by atoms with E-state index in [0.717, 1.165) is 22.6 Å². The Morgan fingerprint density at radius 3 is 2.55 bits per heavy atom. The molecule has 7 nitrogen and oxygen atoms in total. The van der Waals surface area contributed by atoms with Crippen molar-refractivity contribution in [3.63, 3.8) is 0 Å². The van der Waals surface area contributed by atoms with Crippen LogP contribution in [0.4, 0.5) is 5.69 Å². The number of furan rings is 1. The maximum Gasteiger partial charge on any atom is 0.234 e. The molecule has 0 spiro atoms. The third-order valence-electron chi connectivity index (χ3n) is 4.95. The van der Waals surface area contributed by atoms with Crippen LogP contribution in [0.3, 0.4) is 0 Å². The zero-order chi connectivity index (χ0) is 23.2. The molecule has 0 saturated carbocycles. The first-order valence-corrected chi connectivity index (χ1v) is 11.7. The number of nitrogens with one attached hydrogen (secondary N) is 1. The predicted octanol–water partition coefficient (Wildman–Crippen LogP) is 5.50. The van der Waals surface area contributed by atoms with E-state index in [1.807, 2.05) is 48.7 Å². The van der Waals surface area contributed by atoms with Crippen molar-refractivity contribution in [3.05, 3.63) is 88.6 Å². The zero-order valence-corrected chi connectivity index (χ0v) is 19.8. The van der Waals surface area contributed by atoms with Gasteiger partial charge in [0.2, 0.25) is 5.91 Å². The number of aryl methyl sites for hydroxylation is 2. The number of para-hydroxylation sites is 1. The molecule has 0 radical (unpaired) electrons. The SMILES string of the molecule is Cc1cccc(C)c1NC(=O)CSc1nnc(COc2ccc(Cl)cc2)n1Cc1ccco1. The van der Waals surface area contributed by atoms with Gasteiger partial charge in [0.15, 0.2) is 11.0 Å². The van der Waals surface area contributed by atoms with Crippen molar-refractivity contribution in [2.24, 2.45) is 0 Å². The van der Waals surface area contributed by atoms with Crippen LogP contribution in [0.25, 0.3) is 0 Å². The molecule has 0 aliphatic carbocycles. The largest absolute Gasteiger partial charge is 0.486 e. The molecule has 33 heavy (non-hydrogen) atoms. The second-order valence-electron chi connectivity index (χ2n) is 7.41. The number of ether oxygens (including phenoxy) is 1. The first-order chi connectivity index (χ1) is 16.0. The molecular formula is C24H23ClN4O3S. The van der Waals surface area contributed by atoms with Crippen LogP contribution in [0.15, 0.2) is 70.4 Å².